The quantitative estimate of drug-likeness (QED) is 0.813. The number of piperidine rings is 1. The second kappa shape index (κ2) is 6.02. The molecule has 0 spiro atoms. The highest BCUT2D eigenvalue weighted by atomic mass is 16.3. The van der Waals surface area contributed by atoms with Gasteiger partial charge in [0.15, 0.2) is 0 Å². The molecule has 0 radical (unpaired) electrons. The molecule has 0 aliphatic carbocycles. The number of benzene rings is 1. The van der Waals surface area contributed by atoms with Gasteiger partial charge >= 0.3 is 0 Å². The Balaban J connectivity index is 1.76. The Kier molecular flexibility index (Phi) is 4.37. The van der Waals surface area contributed by atoms with Gasteiger partial charge in [-0.05, 0) is 37.8 Å². The van der Waals surface area contributed by atoms with Crippen molar-refractivity contribution in [1.82, 2.24) is 5.32 Å². The van der Waals surface area contributed by atoms with Crippen molar-refractivity contribution >= 4 is 0 Å². The Bertz CT molecular complexity index is 293. The summed E-state index contributed by atoms with van der Waals surface area (Å²) in [6.07, 6.45) is 5.26. The van der Waals surface area contributed by atoms with Crippen LogP contribution in [0, 0.1) is 0 Å². The number of nitrogens with one attached hydrogen (secondary N) is 1. The Morgan fingerprint density at radius 3 is 2.75 bits per heavy atom. The first-order chi connectivity index (χ1) is 7.86. The van der Waals surface area contributed by atoms with Crippen LogP contribution in [0.3, 0.4) is 0 Å². The lowest BCUT2D eigenvalue weighted by molar-refractivity contribution is 0.105. The van der Waals surface area contributed by atoms with Crippen LogP contribution in [0.15, 0.2) is 30.3 Å². The van der Waals surface area contributed by atoms with Crippen LogP contribution in [0.1, 0.15) is 31.2 Å². The molecule has 0 saturated carbocycles. The molecule has 2 N–H and O–H groups in total. The molecule has 1 heterocycles. The van der Waals surface area contributed by atoms with Gasteiger partial charge in [0.05, 0.1) is 6.10 Å². The lowest BCUT2D eigenvalue weighted by Crippen LogP contribution is -2.43. The molecule has 0 bridgehead atoms. The number of aliphatic hydroxyl groups excluding tert-OH is 1. The molecule has 1 saturated heterocycles. The minimum atomic E-state index is -0.194. The average Bonchev–Trinajstić information content (AvgIpc) is 2.38. The van der Waals surface area contributed by atoms with Gasteiger partial charge in [-0.15, -0.1) is 0 Å². The summed E-state index contributed by atoms with van der Waals surface area (Å²) in [5, 5.41) is 13.5. The molecule has 88 valence electrons. The van der Waals surface area contributed by atoms with Crippen molar-refractivity contribution in [3.8, 4) is 0 Å². The second-order valence-electron chi connectivity index (χ2n) is 4.65. The number of hydrogen-bond acceptors (Lipinski definition) is 2. The van der Waals surface area contributed by atoms with E-state index in [2.05, 4.69) is 29.6 Å². The molecule has 16 heavy (non-hydrogen) atoms. The second-order valence-corrected chi connectivity index (χ2v) is 4.65. The predicted octanol–water partition coefficient (Wildman–Crippen LogP) is 2.12. The fraction of sp³-hybridized carbons (Fsp3) is 0.571. The van der Waals surface area contributed by atoms with Crippen LogP contribution < -0.4 is 5.32 Å². The molecule has 2 atom stereocenters. The Morgan fingerprint density at radius 2 is 2.06 bits per heavy atom. The number of hydrogen-bond donors (Lipinski definition) is 2. The van der Waals surface area contributed by atoms with Crippen molar-refractivity contribution in [3.63, 3.8) is 0 Å². The highest BCUT2D eigenvalue weighted by Gasteiger charge is 2.20. The van der Waals surface area contributed by atoms with Crippen LogP contribution in [0.25, 0.3) is 0 Å². The summed E-state index contributed by atoms with van der Waals surface area (Å²) in [5.41, 5.74) is 1.32. The molecule has 0 aromatic heterocycles. The van der Waals surface area contributed by atoms with Crippen molar-refractivity contribution in [1.29, 1.82) is 0 Å². The number of aliphatic hydroxyl groups is 1. The summed E-state index contributed by atoms with van der Waals surface area (Å²) in [5.74, 6) is 0. The van der Waals surface area contributed by atoms with Crippen LogP contribution >= 0.6 is 0 Å². The first-order valence-electron chi connectivity index (χ1n) is 6.31. The van der Waals surface area contributed by atoms with Gasteiger partial charge in [-0.1, -0.05) is 36.8 Å². The minimum Gasteiger partial charge on any atom is -0.391 e. The van der Waals surface area contributed by atoms with E-state index in [1.54, 1.807) is 0 Å². The van der Waals surface area contributed by atoms with Crippen LogP contribution in [-0.4, -0.2) is 23.8 Å². The maximum absolute atomic E-state index is 10.1. The summed E-state index contributed by atoms with van der Waals surface area (Å²) in [7, 11) is 0. The SMILES string of the molecule is OC(CCc1ccccc1)C1CCCCN1. The monoisotopic (exact) mass is 219 g/mol. The Labute approximate surface area is 97.7 Å². The summed E-state index contributed by atoms with van der Waals surface area (Å²) in [6.45, 7) is 1.06. The minimum absolute atomic E-state index is 0.194. The van der Waals surface area contributed by atoms with Crippen molar-refractivity contribution in [2.75, 3.05) is 6.54 Å². The number of aryl methyl sites for hydroxylation is 1. The van der Waals surface area contributed by atoms with E-state index in [1.165, 1.54) is 18.4 Å². The van der Waals surface area contributed by atoms with E-state index in [0.717, 1.165) is 25.8 Å². The summed E-state index contributed by atoms with van der Waals surface area (Å²) >= 11 is 0. The molecule has 2 nitrogen and oxygen atoms in total. The van der Waals surface area contributed by atoms with Gasteiger partial charge in [0.1, 0.15) is 0 Å². The zero-order valence-corrected chi connectivity index (χ0v) is 9.73. The fourth-order valence-corrected chi connectivity index (χ4v) is 2.37. The molecule has 1 aliphatic rings. The van der Waals surface area contributed by atoms with Gasteiger partial charge < -0.3 is 10.4 Å². The van der Waals surface area contributed by atoms with E-state index in [-0.39, 0.29) is 6.10 Å². The molecule has 1 aromatic rings. The lowest BCUT2D eigenvalue weighted by atomic mass is 9.95. The molecule has 1 fully saturated rings. The predicted molar refractivity (Wildman–Crippen MR) is 66.4 cm³/mol. The smallest absolute Gasteiger partial charge is 0.0696 e. The molecular formula is C14H21NO. The van der Waals surface area contributed by atoms with E-state index in [4.69, 9.17) is 0 Å². The fourth-order valence-electron chi connectivity index (χ4n) is 2.37. The molecule has 2 heteroatoms. The van der Waals surface area contributed by atoms with Gasteiger partial charge in [-0.2, -0.15) is 0 Å². The molecule has 1 aliphatic heterocycles. The summed E-state index contributed by atoms with van der Waals surface area (Å²) in [6, 6.07) is 10.7. The third-order valence-electron chi connectivity index (χ3n) is 3.38. The summed E-state index contributed by atoms with van der Waals surface area (Å²) < 4.78 is 0. The highest BCUT2D eigenvalue weighted by molar-refractivity contribution is 5.14. The van der Waals surface area contributed by atoms with Crippen LogP contribution in [-0.2, 0) is 6.42 Å². The van der Waals surface area contributed by atoms with Gasteiger partial charge in [0.25, 0.3) is 0 Å². The Morgan fingerprint density at radius 1 is 1.25 bits per heavy atom. The first kappa shape index (κ1) is 11.6. The van der Waals surface area contributed by atoms with Crippen LogP contribution in [0.5, 0.6) is 0 Å². The van der Waals surface area contributed by atoms with Gasteiger partial charge in [0, 0.05) is 6.04 Å². The molecule has 2 rings (SSSR count). The van der Waals surface area contributed by atoms with Gasteiger partial charge in [-0.3, -0.25) is 0 Å². The van der Waals surface area contributed by atoms with E-state index < -0.39 is 0 Å². The van der Waals surface area contributed by atoms with E-state index in [1.807, 2.05) is 6.07 Å². The van der Waals surface area contributed by atoms with Crippen LogP contribution in [0.4, 0.5) is 0 Å². The largest absolute Gasteiger partial charge is 0.391 e. The van der Waals surface area contributed by atoms with E-state index in [0.29, 0.717) is 6.04 Å². The van der Waals surface area contributed by atoms with Crippen LogP contribution in [0.2, 0.25) is 0 Å². The maximum Gasteiger partial charge on any atom is 0.0696 e. The Hall–Kier alpha value is -0.860. The average molecular weight is 219 g/mol. The molecule has 1 aromatic carbocycles. The number of rotatable bonds is 4. The maximum atomic E-state index is 10.1. The van der Waals surface area contributed by atoms with Crippen molar-refractivity contribution in [3.05, 3.63) is 35.9 Å². The standard InChI is InChI=1S/C14H21NO/c16-14(13-8-4-5-11-15-13)10-9-12-6-2-1-3-7-12/h1-3,6-7,13-16H,4-5,8-11H2. The third kappa shape index (κ3) is 3.32. The molecular weight excluding hydrogens is 198 g/mol. The van der Waals surface area contributed by atoms with Gasteiger partial charge in [-0.25, -0.2) is 0 Å². The topological polar surface area (TPSA) is 32.3 Å². The first-order valence-corrected chi connectivity index (χ1v) is 6.31. The highest BCUT2D eigenvalue weighted by Crippen LogP contribution is 2.14. The zero-order chi connectivity index (χ0) is 11.2. The third-order valence-corrected chi connectivity index (χ3v) is 3.38. The van der Waals surface area contributed by atoms with E-state index >= 15 is 0 Å². The van der Waals surface area contributed by atoms with E-state index in [9.17, 15) is 5.11 Å². The normalized spacial score (nSPS) is 22.9. The molecule has 2 unspecified atom stereocenters. The molecule has 0 amide bonds. The summed E-state index contributed by atoms with van der Waals surface area (Å²) in [4.78, 5) is 0. The van der Waals surface area contributed by atoms with Crippen molar-refractivity contribution in [2.24, 2.45) is 0 Å². The van der Waals surface area contributed by atoms with Crippen molar-refractivity contribution < 1.29 is 5.11 Å². The van der Waals surface area contributed by atoms with Crippen molar-refractivity contribution in [2.45, 2.75) is 44.2 Å². The van der Waals surface area contributed by atoms with Gasteiger partial charge in [0.2, 0.25) is 0 Å². The zero-order valence-electron chi connectivity index (χ0n) is 9.73. The lowest BCUT2D eigenvalue weighted by Gasteiger charge is -2.28.